The van der Waals surface area contributed by atoms with E-state index in [1.165, 1.54) is 11.8 Å². The molecule has 0 saturated heterocycles. The molecule has 0 bridgehead atoms. The lowest BCUT2D eigenvalue weighted by Gasteiger charge is -2.20. The minimum Gasteiger partial charge on any atom is -0.508 e. The van der Waals surface area contributed by atoms with E-state index in [4.69, 9.17) is 15.2 Å². The summed E-state index contributed by atoms with van der Waals surface area (Å²) >= 11 is 1.23. The van der Waals surface area contributed by atoms with Crippen LogP contribution in [0.3, 0.4) is 0 Å². The summed E-state index contributed by atoms with van der Waals surface area (Å²) in [5.41, 5.74) is 7.45. The number of benzene rings is 2. The summed E-state index contributed by atoms with van der Waals surface area (Å²) in [4.78, 5) is 5.05. The number of hydrogen-bond acceptors (Lipinski definition) is 8. The van der Waals surface area contributed by atoms with E-state index >= 15 is 0 Å². The van der Waals surface area contributed by atoms with Gasteiger partial charge in [0, 0.05) is 10.5 Å². The first-order valence-corrected chi connectivity index (χ1v) is 9.43. The number of nitrogens with zero attached hydrogens (tertiary/aromatic N) is 3. The van der Waals surface area contributed by atoms with E-state index in [9.17, 15) is 15.6 Å². The Labute approximate surface area is 170 Å². The van der Waals surface area contributed by atoms with Crippen LogP contribution < -0.4 is 15.2 Å². The predicted molar refractivity (Wildman–Crippen MR) is 107 cm³/mol. The van der Waals surface area contributed by atoms with Crippen LogP contribution in [-0.2, 0) is 0 Å². The maximum Gasteiger partial charge on any atom is 0.161 e. The minimum absolute atomic E-state index is 0.0395. The number of aromatic hydroxyl groups is 1. The standard InChI is InChI=1S/C21H14N4O3S/c22-10-15-19(12-1-6-17-18(9-12)28-8-7-27-17)16(11-23)21(25-20(15)24)29-14-4-2-13(26)3-5-14/h1-6,9,26H,7-8H2,(H2,24,25). The molecule has 0 spiro atoms. The number of aromatic nitrogens is 1. The van der Waals surface area contributed by atoms with Crippen LogP contribution in [0.2, 0.25) is 0 Å². The van der Waals surface area contributed by atoms with E-state index < -0.39 is 0 Å². The highest BCUT2D eigenvalue weighted by Crippen LogP contribution is 2.41. The van der Waals surface area contributed by atoms with Gasteiger partial charge in [0.25, 0.3) is 0 Å². The molecular weight excluding hydrogens is 388 g/mol. The largest absolute Gasteiger partial charge is 0.508 e. The van der Waals surface area contributed by atoms with E-state index in [0.717, 1.165) is 4.90 Å². The number of nitrogens with two attached hydrogens (primary N) is 1. The van der Waals surface area contributed by atoms with Crippen LogP contribution >= 0.6 is 11.8 Å². The van der Waals surface area contributed by atoms with Gasteiger partial charge in [0.1, 0.15) is 47.5 Å². The molecule has 0 atom stereocenters. The molecule has 0 fully saturated rings. The van der Waals surface area contributed by atoms with E-state index in [0.29, 0.717) is 40.9 Å². The second-order valence-corrected chi connectivity index (χ2v) is 7.17. The molecule has 1 aromatic heterocycles. The highest BCUT2D eigenvalue weighted by molar-refractivity contribution is 7.99. The Morgan fingerprint density at radius 2 is 1.66 bits per heavy atom. The first kappa shape index (κ1) is 18.5. The third kappa shape index (κ3) is 3.49. The van der Waals surface area contributed by atoms with Gasteiger partial charge >= 0.3 is 0 Å². The fourth-order valence-electron chi connectivity index (χ4n) is 2.99. The molecular formula is C21H14N4O3S. The summed E-state index contributed by atoms with van der Waals surface area (Å²) in [6, 6.07) is 16.0. The van der Waals surface area contributed by atoms with Crippen LogP contribution in [0.1, 0.15) is 11.1 Å². The summed E-state index contributed by atoms with van der Waals surface area (Å²) in [6.45, 7) is 0.891. The molecule has 2 heterocycles. The minimum atomic E-state index is 0.0395. The van der Waals surface area contributed by atoms with Crippen LogP contribution in [0, 0.1) is 22.7 Å². The molecule has 2 aromatic carbocycles. The van der Waals surface area contributed by atoms with Gasteiger partial charge in [-0.25, -0.2) is 4.98 Å². The summed E-state index contributed by atoms with van der Waals surface area (Å²) in [5, 5.41) is 29.4. The molecule has 142 valence electrons. The van der Waals surface area contributed by atoms with Crippen molar-refractivity contribution in [3.63, 3.8) is 0 Å². The molecule has 0 aliphatic carbocycles. The van der Waals surface area contributed by atoms with Crippen LogP contribution in [0.4, 0.5) is 5.82 Å². The first-order valence-electron chi connectivity index (χ1n) is 8.61. The fraction of sp³-hybridized carbons (Fsp3) is 0.0952. The highest BCUT2D eigenvalue weighted by atomic mass is 32.2. The molecule has 29 heavy (non-hydrogen) atoms. The molecule has 0 amide bonds. The topological polar surface area (TPSA) is 125 Å². The number of rotatable bonds is 3. The van der Waals surface area contributed by atoms with Crippen LogP contribution in [0.5, 0.6) is 17.2 Å². The van der Waals surface area contributed by atoms with Gasteiger partial charge in [-0.1, -0.05) is 17.8 Å². The van der Waals surface area contributed by atoms with E-state index in [1.807, 2.05) is 0 Å². The lowest BCUT2D eigenvalue weighted by molar-refractivity contribution is 0.171. The van der Waals surface area contributed by atoms with Crippen molar-refractivity contribution in [3.05, 3.63) is 53.6 Å². The Hall–Kier alpha value is -3.88. The number of phenolic OH excluding ortho intramolecular Hbond substituents is 1. The fourth-order valence-corrected chi connectivity index (χ4v) is 3.87. The van der Waals surface area contributed by atoms with E-state index in [2.05, 4.69) is 17.1 Å². The van der Waals surface area contributed by atoms with Gasteiger partial charge in [0.05, 0.1) is 5.56 Å². The zero-order chi connectivity index (χ0) is 20.4. The smallest absolute Gasteiger partial charge is 0.161 e. The highest BCUT2D eigenvalue weighted by Gasteiger charge is 2.22. The molecule has 8 heteroatoms. The third-order valence-electron chi connectivity index (χ3n) is 4.30. The van der Waals surface area contributed by atoms with Crippen molar-refractivity contribution in [2.24, 2.45) is 0 Å². The van der Waals surface area contributed by atoms with Gasteiger partial charge in [-0.3, -0.25) is 0 Å². The molecule has 3 aromatic rings. The number of fused-ring (bicyclic) bond motifs is 1. The molecule has 0 radical (unpaired) electrons. The number of nitrogen functional groups attached to an aromatic ring is 1. The summed E-state index contributed by atoms with van der Waals surface area (Å²) < 4.78 is 11.2. The predicted octanol–water partition coefficient (Wildman–Crippen LogP) is 3.70. The summed E-state index contributed by atoms with van der Waals surface area (Å²) in [7, 11) is 0. The van der Waals surface area contributed by atoms with Gasteiger partial charge in [0.2, 0.25) is 0 Å². The van der Waals surface area contributed by atoms with Crippen molar-refractivity contribution in [2.75, 3.05) is 18.9 Å². The Balaban J connectivity index is 1.88. The van der Waals surface area contributed by atoms with Crippen molar-refractivity contribution in [3.8, 4) is 40.5 Å². The van der Waals surface area contributed by atoms with Crippen LogP contribution in [0.25, 0.3) is 11.1 Å². The number of pyridine rings is 1. The second-order valence-electron chi connectivity index (χ2n) is 6.11. The molecule has 4 rings (SSSR count). The average Bonchev–Trinajstić information content (AvgIpc) is 2.74. The monoisotopic (exact) mass is 402 g/mol. The number of anilines is 1. The molecule has 7 nitrogen and oxygen atoms in total. The Morgan fingerprint density at radius 1 is 0.966 bits per heavy atom. The van der Waals surface area contributed by atoms with Gasteiger partial charge in [-0.05, 0) is 42.0 Å². The lowest BCUT2D eigenvalue weighted by atomic mass is 9.96. The van der Waals surface area contributed by atoms with Crippen molar-refractivity contribution < 1.29 is 14.6 Å². The third-order valence-corrected chi connectivity index (χ3v) is 5.29. The number of ether oxygens (including phenoxy) is 2. The van der Waals surface area contributed by atoms with Gasteiger partial charge in [0.15, 0.2) is 11.5 Å². The van der Waals surface area contributed by atoms with Crippen LogP contribution in [-0.4, -0.2) is 23.3 Å². The second kappa shape index (κ2) is 7.63. The average molecular weight is 402 g/mol. The zero-order valence-corrected chi connectivity index (χ0v) is 15.9. The first-order chi connectivity index (χ1) is 14.1. The Bertz CT molecular complexity index is 1180. The lowest BCUT2D eigenvalue weighted by Crippen LogP contribution is -2.15. The van der Waals surface area contributed by atoms with E-state index in [-0.39, 0.29) is 22.7 Å². The van der Waals surface area contributed by atoms with Gasteiger partial charge in [-0.15, -0.1) is 0 Å². The van der Waals surface area contributed by atoms with Crippen molar-refractivity contribution >= 4 is 17.6 Å². The Morgan fingerprint density at radius 3 is 2.34 bits per heavy atom. The summed E-state index contributed by atoms with van der Waals surface area (Å²) in [5.74, 6) is 1.33. The quantitative estimate of drug-likeness (QED) is 0.679. The van der Waals surface area contributed by atoms with Crippen molar-refractivity contribution in [2.45, 2.75) is 9.92 Å². The molecule has 0 unspecified atom stereocenters. The summed E-state index contributed by atoms with van der Waals surface area (Å²) in [6.07, 6.45) is 0. The molecule has 3 N–H and O–H groups in total. The van der Waals surface area contributed by atoms with Crippen LogP contribution in [0.15, 0.2) is 52.4 Å². The molecule has 0 saturated carbocycles. The Kier molecular flexibility index (Phi) is 4.86. The maximum atomic E-state index is 9.88. The number of phenols is 1. The van der Waals surface area contributed by atoms with Gasteiger partial charge in [-0.2, -0.15) is 10.5 Å². The van der Waals surface area contributed by atoms with Gasteiger partial charge < -0.3 is 20.3 Å². The van der Waals surface area contributed by atoms with Crippen molar-refractivity contribution in [1.29, 1.82) is 10.5 Å². The molecule has 1 aliphatic heterocycles. The molecule has 1 aliphatic rings. The maximum absolute atomic E-state index is 9.88. The van der Waals surface area contributed by atoms with Crippen molar-refractivity contribution in [1.82, 2.24) is 4.98 Å². The number of nitriles is 2. The zero-order valence-electron chi connectivity index (χ0n) is 15.0. The normalized spacial score (nSPS) is 12.1. The van der Waals surface area contributed by atoms with E-state index in [1.54, 1.807) is 42.5 Å². The SMILES string of the molecule is N#Cc1c(N)nc(Sc2ccc(O)cc2)c(C#N)c1-c1ccc2c(c1)OCCO2. The number of hydrogen-bond donors (Lipinski definition) is 2.